The highest BCUT2D eigenvalue weighted by Crippen LogP contribution is 2.19. The molecule has 6 nitrogen and oxygen atoms in total. The van der Waals surface area contributed by atoms with Gasteiger partial charge in [-0.1, -0.05) is 340 Å². The summed E-state index contributed by atoms with van der Waals surface area (Å²) in [5.41, 5.74) is 0. The van der Waals surface area contributed by atoms with Gasteiger partial charge >= 0.3 is 17.9 Å². The molecule has 0 bridgehead atoms. The van der Waals surface area contributed by atoms with Crippen molar-refractivity contribution in [1.82, 2.24) is 0 Å². The predicted molar refractivity (Wildman–Crippen MR) is 349 cm³/mol. The number of rotatable bonds is 67. The van der Waals surface area contributed by atoms with E-state index in [2.05, 4.69) is 57.2 Å². The van der Waals surface area contributed by atoms with Crippen LogP contribution in [-0.2, 0) is 28.6 Å². The number of unbranched alkanes of at least 4 members (excludes halogenated alkanes) is 50. The summed E-state index contributed by atoms with van der Waals surface area (Å²) >= 11 is 0. The molecule has 0 fully saturated rings. The van der Waals surface area contributed by atoms with Crippen LogP contribution in [-0.4, -0.2) is 37.2 Å². The van der Waals surface area contributed by atoms with Crippen LogP contribution in [0.15, 0.2) is 36.5 Å². The van der Waals surface area contributed by atoms with Gasteiger partial charge in [0.2, 0.25) is 0 Å². The monoisotopic (exact) mass is 1120 g/mol. The van der Waals surface area contributed by atoms with Gasteiger partial charge < -0.3 is 14.2 Å². The van der Waals surface area contributed by atoms with Crippen molar-refractivity contribution in [3.63, 3.8) is 0 Å². The molecule has 80 heavy (non-hydrogen) atoms. The Balaban J connectivity index is 4.21. The van der Waals surface area contributed by atoms with Gasteiger partial charge in [-0.15, -0.1) is 0 Å². The Kier molecular flexibility index (Phi) is 67.1. The standard InChI is InChI=1S/C74H138O6/c1-4-7-10-13-16-19-22-25-27-29-31-33-35-36-37-38-39-41-42-44-46-49-52-55-58-61-64-67-73(76)79-70-71(69-78-72(75)66-63-60-57-54-51-48-24-21-18-15-12-9-6-3)80-74(77)68-65-62-59-56-53-50-47-45-43-40-34-32-30-28-26-23-20-17-14-11-8-5-2/h21-22,24-25,29,31,71H,4-20,23,26-28,30,32-70H2,1-3H3/b24-21-,25-22-,31-29-. The second-order valence-corrected chi connectivity index (χ2v) is 24.5. The summed E-state index contributed by atoms with van der Waals surface area (Å²) in [6.07, 6.45) is 86.1. The zero-order chi connectivity index (χ0) is 57.8. The first-order chi connectivity index (χ1) is 39.5. The van der Waals surface area contributed by atoms with E-state index in [1.807, 2.05) is 0 Å². The van der Waals surface area contributed by atoms with Gasteiger partial charge in [0, 0.05) is 19.3 Å². The molecule has 0 aliphatic heterocycles. The Morgan fingerprint density at radius 2 is 0.450 bits per heavy atom. The van der Waals surface area contributed by atoms with E-state index in [0.717, 1.165) is 70.6 Å². The van der Waals surface area contributed by atoms with Crippen LogP contribution in [0.25, 0.3) is 0 Å². The lowest BCUT2D eigenvalue weighted by Gasteiger charge is -2.18. The van der Waals surface area contributed by atoms with Gasteiger partial charge in [0.1, 0.15) is 13.2 Å². The number of carbonyl (C=O) groups is 3. The third-order valence-electron chi connectivity index (χ3n) is 16.4. The minimum absolute atomic E-state index is 0.0694. The molecule has 0 N–H and O–H groups in total. The van der Waals surface area contributed by atoms with E-state index in [-0.39, 0.29) is 31.1 Å². The first kappa shape index (κ1) is 77.6. The average Bonchev–Trinajstić information content (AvgIpc) is 3.46. The zero-order valence-electron chi connectivity index (χ0n) is 54.1. The lowest BCUT2D eigenvalue weighted by Crippen LogP contribution is -2.30. The van der Waals surface area contributed by atoms with Gasteiger partial charge in [-0.3, -0.25) is 14.4 Å². The molecule has 6 heteroatoms. The third-order valence-corrected chi connectivity index (χ3v) is 16.4. The summed E-state index contributed by atoms with van der Waals surface area (Å²) in [7, 11) is 0. The van der Waals surface area contributed by atoms with Crippen LogP contribution in [0.1, 0.15) is 400 Å². The molecule has 0 aromatic rings. The maximum absolute atomic E-state index is 13.0. The lowest BCUT2D eigenvalue weighted by molar-refractivity contribution is -0.167. The third kappa shape index (κ3) is 66.4. The number of hydrogen-bond acceptors (Lipinski definition) is 6. The molecular formula is C74H138O6. The van der Waals surface area contributed by atoms with Crippen LogP contribution in [0.4, 0.5) is 0 Å². The highest BCUT2D eigenvalue weighted by atomic mass is 16.6. The van der Waals surface area contributed by atoms with Gasteiger partial charge in [0.05, 0.1) is 0 Å². The van der Waals surface area contributed by atoms with Crippen molar-refractivity contribution in [2.45, 2.75) is 406 Å². The normalized spacial score (nSPS) is 12.2. The second-order valence-electron chi connectivity index (χ2n) is 24.5. The number of carbonyl (C=O) groups excluding carboxylic acids is 3. The Morgan fingerprint density at radius 3 is 0.713 bits per heavy atom. The van der Waals surface area contributed by atoms with E-state index < -0.39 is 6.10 Å². The molecule has 0 amide bonds. The molecule has 470 valence electrons. The van der Waals surface area contributed by atoms with E-state index in [4.69, 9.17) is 14.2 Å². The first-order valence-corrected chi connectivity index (χ1v) is 36.0. The molecule has 1 unspecified atom stereocenters. The maximum Gasteiger partial charge on any atom is 0.306 e. The molecule has 0 heterocycles. The van der Waals surface area contributed by atoms with Crippen LogP contribution in [0, 0.1) is 0 Å². The zero-order valence-corrected chi connectivity index (χ0v) is 54.1. The largest absolute Gasteiger partial charge is 0.462 e. The quantitative estimate of drug-likeness (QED) is 0.0261. The summed E-state index contributed by atoms with van der Waals surface area (Å²) in [5.74, 6) is -0.848. The fourth-order valence-corrected chi connectivity index (χ4v) is 10.9. The summed E-state index contributed by atoms with van der Waals surface area (Å²) in [6.45, 7) is 6.68. The molecule has 0 aliphatic rings. The van der Waals surface area contributed by atoms with E-state index >= 15 is 0 Å². The van der Waals surface area contributed by atoms with Crippen LogP contribution in [0.5, 0.6) is 0 Å². The molecule has 0 rings (SSSR count). The van der Waals surface area contributed by atoms with Crippen molar-refractivity contribution in [3.8, 4) is 0 Å². The second kappa shape index (κ2) is 69.1. The van der Waals surface area contributed by atoms with Crippen LogP contribution < -0.4 is 0 Å². The Bertz CT molecular complexity index is 1340. The minimum Gasteiger partial charge on any atom is -0.462 e. The Labute approximate surface area is 499 Å². The molecule has 0 radical (unpaired) electrons. The van der Waals surface area contributed by atoms with Crippen molar-refractivity contribution in [2.24, 2.45) is 0 Å². The van der Waals surface area contributed by atoms with E-state index in [1.54, 1.807) is 0 Å². The van der Waals surface area contributed by atoms with E-state index in [0.29, 0.717) is 19.3 Å². The fraction of sp³-hybridized carbons (Fsp3) is 0.878. The van der Waals surface area contributed by atoms with Gasteiger partial charge in [-0.2, -0.15) is 0 Å². The van der Waals surface area contributed by atoms with Crippen LogP contribution in [0.3, 0.4) is 0 Å². The number of esters is 3. The topological polar surface area (TPSA) is 78.9 Å². The summed E-state index contributed by atoms with van der Waals surface area (Å²) in [5, 5.41) is 0. The number of ether oxygens (including phenoxy) is 3. The van der Waals surface area contributed by atoms with Crippen molar-refractivity contribution in [2.75, 3.05) is 13.2 Å². The van der Waals surface area contributed by atoms with E-state index in [9.17, 15) is 14.4 Å². The van der Waals surface area contributed by atoms with Gasteiger partial charge in [-0.25, -0.2) is 0 Å². The van der Waals surface area contributed by atoms with Crippen molar-refractivity contribution >= 4 is 17.9 Å². The van der Waals surface area contributed by atoms with Crippen molar-refractivity contribution in [3.05, 3.63) is 36.5 Å². The predicted octanol–water partition coefficient (Wildman–Crippen LogP) is 24.7. The lowest BCUT2D eigenvalue weighted by atomic mass is 10.0. The van der Waals surface area contributed by atoms with Gasteiger partial charge in [-0.05, 0) is 77.0 Å². The molecule has 1 atom stereocenters. The minimum atomic E-state index is -0.773. The average molecular weight is 1120 g/mol. The van der Waals surface area contributed by atoms with Gasteiger partial charge in [0.15, 0.2) is 6.10 Å². The Hall–Kier alpha value is -2.37. The molecular weight excluding hydrogens is 985 g/mol. The fourth-order valence-electron chi connectivity index (χ4n) is 10.9. The van der Waals surface area contributed by atoms with E-state index in [1.165, 1.54) is 289 Å². The highest BCUT2D eigenvalue weighted by Gasteiger charge is 2.19. The molecule has 0 aromatic carbocycles. The Morgan fingerprint density at radius 1 is 0.250 bits per heavy atom. The molecule has 0 aromatic heterocycles. The summed E-state index contributed by atoms with van der Waals surface area (Å²) < 4.78 is 17.0. The highest BCUT2D eigenvalue weighted by molar-refractivity contribution is 5.71. The number of allylic oxidation sites excluding steroid dienone is 6. The SMILES string of the molecule is CCCCCC/C=C\CCCCCCCC(=O)OCC(COC(=O)CCCCCCCCCCCCCCCCC/C=C\C/C=C\CCCCCCC)OC(=O)CCCCCCCCCCCCCCCCCCCCCCCC. The summed E-state index contributed by atoms with van der Waals surface area (Å²) in [4.78, 5) is 38.4. The molecule has 0 spiro atoms. The molecule has 0 saturated heterocycles. The number of hydrogen-bond donors (Lipinski definition) is 0. The summed E-state index contributed by atoms with van der Waals surface area (Å²) in [6, 6.07) is 0. The smallest absolute Gasteiger partial charge is 0.306 e. The van der Waals surface area contributed by atoms with Gasteiger partial charge in [0.25, 0.3) is 0 Å². The molecule has 0 saturated carbocycles. The van der Waals surface area contributed by atoms with Crippen LogP contribution in [0.2, 0.25) is 0 Å². The first-order valence-electron chi connectivity index (χ1n) is 36.0. The van der Waals surface area contributed by atoms with Crippen molar-refractivity contribution < 1.29 is 28.6 Å². The van der Waals surface area contributed by atoms with Crippen LogP contribution >= 0.6 is 0 Å². The molecule has 0 aliphatic carbocycles. The van der Waals surface area contributed by atoms with Crippen molar-refractivity contribution in [1.29, 1.82) is 0 Å². The maximum atomic E-state index is 13.0.